The lowest BCUT2D eigenvalue weighted by Crippen LogP contribution is -1.98. The molecule has 0 bridgehead atoms. The Kier molecular flexibility index (Phi) is 2.54. The number of halogens is 2. The van der Waals surface area contributed by atoms with Gasteiger partial charge in [0.05, 0.1) is 16.6 Å². The maximum Gasteiger partial charge on any atom is 0.166 e. The summed E-state index contributed by atoms with van der Waals surface area (Å²) in [6.07, 6.45) is 1.11. The first-order chi connectivity index (χ1) is 6.68. The van der Waals surface area contributed by atoms with Gasteiger partial charge in [0, 0.05) is 6.42 Å². The van der Waals surface area contributed by atoms with Gasteiger partial charge in [0.1, 0.15) is 11.6 Å². The lowest BCUT2D eigenvalue weighted by molar-refractivity contribution is 0.0982. The Morgan fingerprint density at radius 2 is 2.21 bits per heavy atom. The van der Waals surface area contributed by atoms with E-state index in [1.807, 2.05) is 0 Å². The molecule has 4 heteroatoms. The molecule has 0 N–H and O–H groups in total. The minimum atomic E-state index is -0.428. The van der Waals surface area contributed by atoms with E-state index in [1.54, 1.807) is 0 Å². The monoisotopic (exact) mass is 258 g/mol. The van der Waals surface area contributed by atoms with Crippen LogP contribution >= 0.6 is 15.9 Å². The molecule has 0 radical (unpaired) electrons. The van der Waals surface area contributed by atoms with E-state index in [-0.39, 0.29) is 5.78 Å². The molecule has 0 aromatic heterocycles. The summed E-state index contributed by atoms with van der Waals surface area (Å²) < 4.78 is 18.8. The Bertz CT molecular complexity index is 390. The summed E-state index contributed by atoms with van der Waals surface area (Å²) in [5, 5.41) is 0. The van der Waals surface area contributed by atoms with Crippen molar-refractivity contribution >= 4 is 21.7 Å². The van der Waals surface area contributed by atoms with Crippen molar-refractivity contribution in [2.45, 2.75) is 12.8 Å². The van der Waals surface area contributed by atoms with Gasteiger partial charge in [-0.15, -0.1) is 0 Å². The first-order valence-corrected chi connectivity index (χ1v) is 5.13. The second-order valence-corrected chi connectivity index (χ2v) is 3.99. The fourth-order valence-electron chi connectivity index (χ4n) is 1.42. The van der Waals surface area contributed by atoms with Crippen LogP contribution in [0.1, 0.15) is 23.2 Å². The zero-order valence-corrected chi connectivity index (χ0v) is 8.93. The highest BCUT2D eigenvalue weighted by atomic mass is 79.9. The number of rotatable bonds is 0. The van der Waals surface area contributed by atoms with Crippen LogP contribution in [0.5, 0.6) is 5.75 Å². The van der Waals surface area contributed by atoms with Gasteiger partial charge in [-0.3, -0.25) is 4.79 Å². The summed E-state index contributed by atoms with van der Waals surface area (Å²) in [5.41, 5.74) is 0.350. The summed E-state index contributed by atoms with van der Waals surface area (Å²) in [4.78, 5) is 11.5. The number of benzene rings is 1. The molecule has 1 aliphatic rings. The van der Waals surface area contributed by atoms with Crippen molar-refractivity contribution in [1.29, 1.82) is 0 Å². The van der Waals surface area contributed by atoms with Crippen molar-refractivity contribution in [3.8, 4) is 5.75 Å². The maximum absolute atomic E-state index is 13.2. The van der Waals surface area contributed by atoms with Gasteiger partial charge in [-0.25, -0.2) is 4.39 Å². The molecule has 74 valence electrons. The largest absolute Gasteiger partial charge is 0.493 e. The maximum atomic E-state index is 13.2. The molecule has 2 rings (SSSR count). The highest BCUT2D eigenvalue weighted by molar-refractivity contribution is 9.10. The number of carbonyl (C=O) groups excluding carboxylic acids is 1. The molecule has 1 heterocycles. The predicted octanol–water partition coefficient (Wildman–Crippen LogP) is 2.94. The van der Waals surface area contributed by atoms with E-state index in [4.69, 9.17) is 4.74 Å². The van der Waals surface area contributed by atoms with Crippen molar-refractivity contribution in [2.75, 3.05) is 6.61 Å². The number of carbonyl (C=O) groups is 1. The molecule has 0 saturated heterocycles. The average molecular weight is 259 g/mol. The van der Waals surface area contributed by atoms with E-state index < -0.39 is 5.82 Å². The molecular weight excluding hydrogens is 251 g/mol. The minimum Gasteiger partial charge on any atom is -0.493 e. The molecule has 1 aromatic carbocycles. The Labute approximate surface area is 89.2 Å². The number of ether oxygens (including phenoxy) is 1. The van der Waals surface area contributed by atoms with Gasteiger partial charge < -0.3 is 4.74 Å². The minimum absolute atomic E-state index is 0.0519. The number of Topliss-reactive ketones (excluding diaryl/α,β-unsaturated/α-hetero) is 1. The third-order valence-electron chi connectivity index (χ3n) is 2.13. The molecule has 0 saturated carbocycles. The Morgan fingerprint density at radius 3 is 3.00 bits per heavy atom. The van der Waals surface area contributed by atoms with Crippen molar-refractivity contribution in [3.05, 3.63) is 28.0 Å². The van der Waals surface area contributed by atoms with E-state index in [0.29, 0.717) is 35.2 Å². The Morgan fingerprint density at radius 1 is 1.43 bits per heavy atom. The molecule has 0 unspecified atom stereocenters. The van der Waals surface area contributed by atoms with Gasteiger partial charge in [-0.2, -0.15) is 0 Å². The third kappa shape index (κ3) is 1.66. The Balaban J connectivity index is 2.54. The Hall–Kier alpha value is -0.900. The normalized spacial score (nSPS) is 15.7. The molecular formula is C10H8BrFO2. The van der Waals surface area contributed by atoms with Crippen LogP contribution in [-0.4, -0.2) is 12.4 Å². The standard InChI is InChI=1S/C10H8BrFO2/c11-7-5-10-6(4-8(7)12)9(13)2-1-3-14-10/h4-5H,1-3H2. The molecule has 0 fully saturated rings. The first kappa shape index (κ1) is 9.65. The van der Waals surface area contributed by atoms with Crippen LogP contribution in [0.4, 0.5) is 4.39 Å². The number of hydrogen-bond acceptors (Lipinski definition) is 2. The fraction of sp³-hybridized carbons (Fsp3) is 0.300. The molecule has 1 aromatic rings. The lowest BCUT2D eigenvalue weighted by Gasteiger charge is -2.06. The van der Waals surface area contributed by atoms with Gasteiger partial charge >= 0.3 is 0 Å². The summed E-state index contributed by atoms with van der Waals surface area (Å²) in [7, 11) is 0. The third-order valence-corrected chi connectivity index (χ3v) is 2.74. The second kappa shape index (κ2) is 3.69. The van der Waals surface area contributed by atoms with Crippen molar-refractivity contribution < 1.29 is 13.9 Å². The molecule has 2 nitrogen and oxygen atoms in total. The van der Waals surface area contributed by atoms with Crippen LogP contribution < -0.4 is 4.74 Å². The van der Waals surface area contributed by atoms with E-state index >= 15 is 0 Å². The summed E-state index contributed by atoms with van der Waals surface area (Å²) in [6, 6.07) is 2.74. The molecule has 0 amide bonds. The van der Waals surface area contributed by atoms with Gasteiger partial charge in [0.2, 0.25) is 0 Å². The lowest BCUT2D eigenvalue weighted by atomic mass is 10.1. The zero-order valence-electron chi connectivity index (χ0n) is 7.35. The highest BCUT2D eigenvalue weighted by Crippen LogP contribution is 2.29. The predicted molar refractivity (Wildman–Crippen MR) is 53.2 cm³/mol. The molecule has 0 atom stereocenters. The summed E-state index contributed by atoms with van der Waals surface area (Å²) >= 11 is 3.05. The number of fused-ring (bicyclic) bond motifs is 1. The van der Waals surface area contributed by atoms with E-state index in [2.05, 4.69) is 15.9 Å². The van der Waals surface area contributed by atoms with Crippen LogP contribution in [-0.2, 0) is 0 Å². The number of ketones is 1. The highest BCUT2D eigenvalue weighted by Gasteiger charge is 2.18. The topological polar surface area (TPSA) is 26.3 Å². The molecule has 14 heavy (non-hydrogen) atoms. The molecule has 1 aliphatic heterocycles. The molecule has 0 spiro atoms. The van der Waals surface area contributed by atoms with Crippen molar-refractivity contribution in [2.24, 2.45) is 0 Å². The van der Waals surface area contributed by atoms with Crippen LogP contribution in [0, 0.1) is 5.82 Å². The first-order valence-electron chi connectivity index (χ1n) is 4.33. The van der Waals surface area contributed by atoms with Crippen LogP contribution in [0.25, 0.3) is 0 Å². The quantitative estimate of drug-likeness (QED) is 0.716. The van der Waals surface area contributed by atoms with E-state index in [1.165, 1.54) is 12.1 Å². The zero-order chi connectivity index (χ0) is 10.1. The van der Waals surface area contributed by atoms with Crippen LogP contribution in [0.15, 0.2) is 16.6 Å². The smallest absolute Gasteiger partial charge is 0.166 e. The van der Waals surface area contributed by atoms with Gasteiger partial charge in [0.25, 0.3) is 0 Å². The van der Waals surface area contributed by atoms with Gasteiger partial charge in [0.15, 0.2) is 5.78 Å². The average Bonchev–Trinajstić information content (AvgIpc) is 2.31. The molecule has 0 aliphatic carbocycles. The summed E-state index contributed by atoms with van der Waals surface area (Å²) in [5.74, 6) is -0.00715. The van der Waals surface area contributed by atoms with Gasteiger partial charge in [-0.05, 0) is 34.5 Å². The van der Waals surface area contributed by atoms with Crippen LogP contribution in [0.3, 0.4) is 0 Å². The number of hydrogen-bond donors (Lipinski definition) is 0. The van der Waals surface area contributed by atoms with E-state index in [9.17, 15) is 9.18 Å². The summed E-state index contributed by atoms with van der Waals surface area (Å²) in [6.45, 7) is 0.511. The van der Waals surface area contributed by atoms with E-state index in [0.717, 1.165) is 0 Å². The van der Waals surface area contributed by atoms with Crippen molar-refractivity contribution in [3.63, 3.8) is 0 Å². The second-order valence-electron chi connectivity index (χ2n) is 3.14. The van der Waals surface area contributed by atoms with Crippen LogP contribution in [0.2, 0.25) is 0 Å². The van der Waals surface area contributed by atoms with Crippen molar-refractivity contribution in [1.82, 2.24) is 0 Å². The fourth-order valence-corrected chi connectivity index (χ4v) is 1.74. The van der Waals surface area contributed by atoms with Gasteiger partial charge in [-0.1, -0.05) is 0 Å². The SMILES string of the molecule is O=C1CCCOc2cc(Br)c(F)cc21.